The van der Waals surface area contributed by atoms with Crippen molar-refractivity contribution in [1.82, 2.24) is 4.57 Å². The fraction of sp³-hybridized carbons (Fsp3) is 0.375. The lowest BCUT2D eigenvalue weighted by molar-refractivity contribution is 0.341. The minimum atomic E-state index is 0.699. The van der Waals surface area contributed by atoms with Crippen LogP contribution >= 0.6 is 0 Å². The highest BCUT2D eigenvalue weighted by Crippen LogP contribution is 2.42. The Balaban J connectivity index is 2.09. The van der Waals surface area contributed by atoms with E-state index in [-0.39, 0.29) is 0 Å². The summed E-state index contributed by atoms with van der Waals surface area (Å²) in [6, 6.07) is 13.4. The number of hydrogen-bond acceptors (Lipinski definition) is 1. The maximum atomic E-state index is 5.74. The number of benzene rings is 1. The summed E-state index contributed by atoms with van der Waals surface area (Å²) in [4.78, 5) is 0. The highest BCUT2D eigenvalue weighted by molar-refractivity contribution is 5.68. The van der Waals surface area contributed by atoms with Gasteiger partial charge in [0.1, 0.15) is 5.75 Å². The van der Waals surface area contributed by atoms with Crippen LogP contribution in [0.4, 0.5) is 0 Å². The van der Waals surface area contributed by atoms with Crippen molar-refractivity contribution < 1.29 is 4.74 Å². The van der Waals surface area contributed by atoms with Crippen LogP contribution in [-0.4, -0.2) is 11.2 Å². The monoisotopic (exact) mass is 241 g/mol. The number of ether oxygens (including phenoxy) is 1. The first-order chi connectivity index (χ1) is 8.81. The molecule has 1 saturated carbocycles. The predicted octanol–water partition coefficient (Wildman–Crippen LogP) is 4.20. The summed E-state index contributed by atoms with van der Waals surface area (Å²) in [6.45, 7) is 4.92. The number of aromatic nitrogens is 1. The second-order valence-corrected chi connectivity index (χ2v) is 4.89. The molecule has 2 nitrogen and oxygen atoms in total. The minimum Gasteiger partial charge on any atom is -0.493 e. The van der Waals surface area contributed by atoms with Crippen LogP contribution in [0.25, 0.3) is 11.3 Å². The van der Waals surface area contributed by atoms with Crippen LogP contribution in [0.15, 0.2) is 36.4 Å². The van der Waals surface area contributed by atoms with Gasteiger partial charge in [0, 0.05) is 17.3 Å². The van der Waals surface area contributed by atoms with Crippen LogP contribution in [0.1, 0.15) is 31.5 Å². The van der Waals surface area contributed by atoms with E-state index in [0.29, 0.717) is 12.6 Å². The molecule has 1 aromatic carbocycles. The highest BCUT2D eigenvalue weighted by atomic mass is 16.5. The molecule has 0 unspecified atom stereocenters. The van der Waals surface area contributed by atoms with Crippen molar-refractivity contribution in [2.75, 3.05) is 6.61 Å². The number of aryl methyl sites for hydroxylation is 1. The molecule has 18 heavy (non-hydrogen) atoms. The molecular weight excluding hydrogens is 222 g/mol. The third-order valence-corrected chi connectivity index (χ3v) is 3.50. The number of hydrogen-bond donors (Lipinski definition) is 0. The molecule has 1 aliphatic carbocycles. The summed E-state index contributed by atoms with van der Waals surface area (Å²) in [6.07, 6.45) is 2.61. The van der Waals surface area contributed by atoms with Gasteiger partial charge in [0.25, 0.3) is 0 Å². The zero-order chi connectivity index (χ0) is 12.5. The Morgan fingerprint density at radius 3 is 2.67 bits per heavy atom. The van der Waals surface area contributed by atoms with E-state index in [0.717, 1.165) is 5.75 Å². The SMILES string of the molecule is CCOc1ccccc1-c1ccc(C)n1C1CC1. The lowest BCUT2D eigenvalue weighted by atomic mass is 10.1. The van der Waals surface area contributed by atoms with E-state index in [9.17, 15) is 0 Å². The highest BCUT2D eigenvalue weighted by Gasteiger charge is 2.27. The van der Waals surface area contributed by atoms with Crippen molar-refractivity contribution in [2.24, 2.45) is 0 Å². The van der Waals surface area contributed by atoms with Gasteiger partial charge in [-0.2, -0.15) is 0 Å². The third kappa shape index (κ3) is 1.92. The van der Waals surface area contributed by atoms with Crippen molar-refractivity contribution in [3.8, 4) is 17.0 Å². The van der Waals surface area contributed by atoms with E-state index in [4.69, 9.17) is 4.74 Å². The van der Waals surface area contributed by atoms with Crippen molar-refractivity contribution in [3.63, 3.8) is 0 Å². The molecule has 94 valence electrons. The van der Waals surface area contributed by atoms with E-state index in [2.05, 4.69) is 41.8 Å². The van der Waals surface area contributed by atoms with Crippen LogP contribution in [-0.2, 0) is 0 Å². The Labute approximate surface area is 108 Å². The van der Waals surface area contributed by atoms with E-state index in [1.165, 1.54) is 29.8 Å². The van der Waals surface area contributed by atoms with Gasteiger partial charge in [-0.3, -0.25) is 0 Å². The van der Waals surface area contributed by atoms with E-state index in [1.54, 1.807) is 0 Å². The average Bonchev–Trinajstić information content (AvgIpc) is 3.14. The van der Waals surface area contributed by atoms with Crippen LogP contribution in [0.5, 0.6) is 5.75 Å². The molecule has 2 aromatic rings. The minimum absolute atomic E-state index is 0.699. The zero-order valence-corrected chi connectivity index (χ0v) is 11.0. The molecule has 1 fully saturated rings. The van der Waals surface area contributed by atoms with Gasteiger partial charge in [0.2, 0.25) is 0 Å². The Morgan fingerprint density at radius 2 is 1.94 bits per heavy atom. The molecule has 0 aliphatic heterocycles. The van der Waals surface area contributed by atoms with Crippen LogP contribution < -0.4 is 4.74 Å². The van der Waals surface area contributed by atoms with Gasteiger partial charge in [-0.25, -0.2) is 0 Å². The summed E-state index contributed by atoms with van der Waals surface area (Å²) in [7, 11) is 0. The quantitative estimate of drug-likeness (QED) is 0.782. The molecule has 1 aromatic heterocycles. The Hall–Kier alpha value is -1.70. The van der Waals surface area contributed by atoms with Gasteiger partial charge >= 0.3 is 0 Å². The molecule has 1 heterocycles. The molecule has 0 amide bonds. The maximum Gasteiger partial charge on any atom is 0.128 e. The summed E-state index contributed by atoms with van der Waals surface area (Å²) in [5.74, 6) is 0.986. The second kappa shape index (κ2) is 4.52. The lowest BCUT2D eigenvalue weighted by Gasteiger charge is -2.14. The van der Waals surface area contributed by atoms with Crippen LogP contribution in [0.2, 0.25) is 0 Å². The van der Waals surface area contributed by atoms with E-state index >= 15 is 0 Å². The Morgan fingerprint density at radius 1 is 1.17 bits per heavy atom. The van der Waals surface area contributed by atoms with Crippen LogP contribution in [0, 0.1) is 6.92 Å². The van der Waals surface area contributed by atoms with Gasteiger partial charge in [-0.1, -0.05) is 12.1 Å². The Kier molecular flexibility index (Phi) is 2.86. The van der Waals surface area contributed by atoms with Gasteiger partial charge in [-0.15, -0.1) is 0 Å². The third-order valence-electron chi connectivity index (χ3n) is 3.50. The molecule has 0 spiro atoms. The molecule has 0 radical (unpaired) electrons. The Bertz CT molecular complexity index is 552. The van der Waals surface area contributed by atoms with Gasteiger partial charge in [0.05, 0.1) is 12.3 Å². The van der Waals surface area contributed by atoms with Crippen molar-refractivity contribution in [1.29, 1.82) is 0 Å². The normalized spacial score (nSPS) is 14.8. The first-order valence-corrected chi connectivity index (χ1v) is 6.71. The molecule has 0 bridgehead atoms. The number of para-hydroxylation sites is 1. The smallest absolute Gasteiger partial charge is 0.128 e. The van der Waals surface area contributed by atoms with Crippen molar-refractivity contribution >= 4 is 0 Å². The first-order valence-electron chi connectivity index (χ1n) is 6.71. The number of nitrogens with zero attached hydrogens (tertiary/aromatic N) is 1. The maximum absolute atomic E-state index is 5.74. The van der Waals surface area contributed by atoms with Crippen molar-refractivity contribution in [2.45, 2.75) is 32.7 Å². The van der Waals surface area contributed by atoms with Gasteiger partial charge < -0.3 is 9.30 Å². The van der Waals surface area contributed by atoms with Gasteiger partial charge in [-0.05, 0) is 51.0 Å². The predicted molar refractivity (Wildman–Crippen MR) is 74.0 cm³/mol. The molecular formula is C16H19NO. The standard InChI is InChI=1S/C16H19NO/c1-3-18-16-7-5-4-6-14(16)15-11-8-12(2)17(15)13-9-10-13/h4-8,11,13H,3,9-10H2,1-2H3. The largest absolute Gasteiger partial charge is 0.493 e. The second-order valence-electron chi connectivity index (χ2n) is 4.89. The molecule has 0 atom stereocenters. The zero-order valence-electron chi connectivity index (χ0n) is 11.0. The molecule has 0 N–H and O–H groups in total. The fourth-order valence-electron chi connectivity index (χ4n) is 2.55. The summed E-state index contributed by atoms with van der Waals surface area (Å²) >= 11 is 0. The lowest BCUT2D eigenvalue weighted by Crippen LogP contribution is -2.01. The van der Waals surface area contributed by atoms with Crippen molar-refractivity contribution in [3.05, 3.63) is 42.1 Å². The topological polar surface area (TPSA) is 14.2 Å². The average molecular weight is 241 g/mol. The first kappa shape index (κ1) is 11.4. The molecule has 3 rings (SSSR count). The van der Waals surface area contributed by atoms with Gasteiger partial charge in [0.15, 0.2) is 0 Å². The fourth-order valence-corrected chi connectivity index (χ4v) is 2.55. The summed E-state index contributed by atoms with van der Waals surface area (Å²) in [5, 5.41) is 0. The molecule has 2 heteroatoms. The number of rotatable bonds is 4. The van der Waals surface area contributed by atoms with E-state index in [1.807, 2.05) is 13.0 Å². The summed E-state index contributed by atoms with van der Waals surface area (Å²) in [5.41, 5.74) is 3.84. The molecule has 0 saturated heterocycles. The van der Waals surface area contributed by atoms with E-state index < -0.39 is 0 Å². The van der Waals surface area contributed by atoms with Crippen LogP contribution in [0.3, 0.4) is 0 Å². The summed E-state index contributed by atoms with van der Waals surface area (Å²) < 4.78 is 8.20. The molecule has 1 aliphatic rings.